The summed E-state index contributed by atoms with van der Waals surface area (Å²) in [6.45, 7) is 4.17. The van der Waals surface area contributed by atoms with Gasteiger partial charge in [-0.05, 0) is 37.5 Å². The number of anilines is 1. The Labute approximate surface area is 127 Å². The summed E-state index contributed by atoms with van der Waals surface area (Å²) in [5.41, 5.74) is 2.68. The molecule has 6 heteroatoms. The summed E-state index contributed by atoms with van der Waals surface area (Å²) in [5, 5.41) is 0. The predicted molar refractivity (Wildman–Crippen MR) is 86.0 cm³/mol. The van der Waals surface area contributed by atoms with Gasteiger partial charge in [0, 0.05) is 27.1 Å². The second-order valence-electron chi connectivity index (χ2n) is 5.45. The average molecular weight is 312 g/mol. The number of hydrogen-bond donors (Lipinski definition) is 0. The van der Waals surface area contributed by atoms with E-state index in [2.05, 4.69) is 0 Å². The van der Waals surface area contributed by atoms with Gasteiger partial charge < -0.3 is 4.90 Å². The Balaban J connectivity index is 2.93. The van der Waals surface area contributed by atoms with E-state index >= 15 is 0 Å². The molecule has 0 unspecified atom stereocenters. The number of carbonyl (C=O) groups is 1. The normalized spacial score (nSPS) is 11.3. The minimum atomic E-state index is -3.37. The third-order valence-corrected chi connectivity index (χ3v) is 4.68. The summed E-state index contributed by atoms with van der Waals surface area (Å²) in [6, 6.07) is 5.60. The van der Waals surface area contributed by atoms with E-state index in [-0.39, 0.29) is 5.91 Å². The SMILES string of the molecule is Cc1cccc(N(CCCC(=O)N(C)C)S(C)(=O)=O)c1C. The number of rotatable bonds is 6. The van der Waals surface area contributed by atoms with E-state index in [0.29, 0.717) is 25.1 Å². The van der Waals surface area contributed by atoms with Crippen molar-refractivity contribution in [2.24, 2.45) is 0 Å². The fourth-order valence-corrected chi connectivity index (χ4v) is 3.08. The first-order chi connectivity index (χ1) is 9.64. The molecule has 0 aliphatic rings. The van der Waals surface area contributed by atoms with Crippen LogP contribution >= 0.6 is 0 Å². The Morgan fingerprint density at radius 3 is 2.33 bits per heavy atom. The van der Waals surface area contributed by atoms with Crippen molar-refractivity contribution >= 4 is 21.6 Å². The van der Waals surface area contributed by atoms with Crippen molar-refractivity contribution in [1.82, 2.24) is 4.90 Å². The molecule has 0 bridgehead atoms. The van der Waals surface area contributed by atoms with Gasteiger partial charge in [-0.3, -0.25) is 9.10 Å². The number of benzene rings is 1. The van der Waals surface area contributed by atoms with Crippen LogP contribution in [0.4, 0.5) is 5.69 Å². The van der Waals surface area contributed by atoms with Crippen molar-refractivity contribution in [2.75, 3.05) is 31.2 Å². The van der Waals surface area contributed by atoms with Crippen molar-refractivity contribution in [1.29, 1.82) is 0 Å². The molecule has 0 aliphatic heterocycles. The molecule has 1 aromatic carbocycles. The van der Waals surface area contributed by atoms with Crippen molar-refractivity contribution in [2.45, 2.75) is 26.7 Å². The van der Waals surface area contributed by atoms with Crippen molar-refractivity contribution in [3.63, 3.8) is 0 Å². The van der Waals surface area contributed by atoms with Gasteiger partial charge in [0.1, 0.15) is 0 Å². The zero-order chi connectivity index (χ0) is 16.2. The topological polar surface area (TPSA) is 57.7 Å². The summed E-state index contributed by atoms with van der Waals surface area (Å²) in [6.07, 6.45) is 2.03. The first-order valence-electron chi connectivity index (χ1n) is 6.88. The van der Waals surface area contributed by atoms with Gasteiger partial charge in [-0.2, -0.15) is 0 Å². The van der Waals surface area contributed by atoms with Crippen LogP contribution in [0.2, 0.25) is 0 Å². The summed E-state index contributed by atoms with van der Waals surface area (Å²) >= 11 is 0. The van der Waals surface area contributed by atoms with Crippen LogP contribution in [-0.2, 0) is 14.8 Å². The number of amides is 1. The van der Waals surface area contributed by atoms with Gasteiger partial charge in [0.15, 0.2) is 0 Å². The Bertz CT molecular complexity index is 609. The highest BCUT2D eigenvalue weighted by atomic mass is 32.2. The van der Waals surface area contributed by atoms with E-state index in [4.69, 9.17) is 0 Å². The number of sulfonamides is 1. The maximum atomic E-state index is 12.0. The van der Waals surface area contributed by atoms with E-state index in [1.165, 1.54) is 15.5 Å². The molecule has 0 saturated carbocycles. The number of carbonyl (C=O) groups excluding carboxylic acids is 1. The van der Waals surface area contributed by atoms with Gasteiger partial charge >= 0.3 is 0 Å². The van der Waals surface area contributed by atoms with Crippen LogP contribution in [0.5, 0.6) is 0 Å². The first kappa shape index (κ1) is 17.5. The molecule has 0 N–H and O–H groups in total. The van der Waals surface area contributed by atoms with Gasteiger partial charge in [0.05, 0.1) is 11.9 Å². The second-order valence-corrected chi connectivity index (χ2v) is 7.35. The molecular weight excluding hydrogens is 288 g/mol. The average Bonchev–Trinajstić information content (AvgIpc) is 2.37. The fourth-order valence-electron chi connectivity index (χ4n) is 2.07. The lowest BCUT2D eigenvalue weighted by atomic mass is 10.1. The fraction of sp³-hybridized carbons (Fsp3) is 0.533. The highest BCUT2D eigenvalue weighted by Gasteiger charge is 2.19. The van der Waals surface area contributed by atoms with Crippen molar-refractivity contribution in [3.8, 4) is 0 Å². The van der Waals surface area contributed by atoms with Crippen LogP contribution in [0.25, 0.3) is 0 Å². The number of nitrogens with zero attached hydrogens (tertiary/aromatic N) is 2. The van der Waals surface area contributed by atoms with Gasteiger partial charge in [-0.15, -0.1) is 0 Å². The predicted octanol–water partition coefficient (Wildman–Crippen LogP) is 1.94. The molecule has 118 valence electrons. The quantitative estimate of drug-likeness (QED) is 0.806. The van der Waals surface area contributed by atoms with Gasteiger partial charge in [0.2, 0.25) is 15.9 Å². The summed E-state index contributed by atoms with van der Waals surface area (Å²) in [7, 11) is 0.0246. The monoisotopic (exact) mass is 312 g/mol. The van der Waals surface area contributed by atoms with Crippen LogP contribution < -0.4 is 4.31 Å². The Morgan fingerprint density at radius 2 is 1.81 bits per heavy atom. The smallest absolute Gasteiger partial charge is 0.232 e. The van der Waals surface area contributed by atoms with Crippen molar-refractivity contribution < 1.29 is 13.2 Å². The van der Waals surface area contributed by atoms with Crippen LogP contribution in [0.15, 0.2) is 18.2 Å². The Hall–Kier alpha value is -1.56. The van der Waals surface area contributed by atoms with E-state index in [1.807, 2.05) is 26.0 Å². The number of hydrogen-bond acceptors (Lipinski definition) is 3. The van der Waals surface area contributed by atoms with Gasteiger partial charge in [-0.1, -0.05) is 12.1 Å². The maximum Gasteiger partial charge on any atom is 0.232 e. The molecule has 0 spiro atoms. The summed E-state index contributed by atoms with van der Waals surface area (Å²) in [4.78, 5) is 13.1. The molecule has 0 radical (unpaired) electrons. The number of aryl methyl sites for hydroxylation is 1. The van der Waals surface area contributed by atoms with Crippen LogP contribution in [-0.4, -0.2) is 46.1 Å². The van der Waals surface area contributed by atoms with Crippen LogP contribution in [0.1, 0.15) is 24.0 Å². The third kappa shape index (κ3) is 4.74. The molecule has 1 rings (SSSR count). The molecule has 0 aromatic heterocycles. The Morgan fingerprint density at radius 1 is 1.19 bits per heavy atom. The molecule has 0 fully saturated rings. The molecule has 0 aliphatic carbocycles. The molecule has 21 heavy (non-hydrogen) atoms. The largest absolute Gasteiger partial charge is 0.349 e. The summed E-state index contributed by atoms with van der Waals surface area (Å²) in [5.74, 6) is 0.00409. The molecule has 1 amide bonds. The van der Waals surface area contributed by atoms with Crippen LogP contribution in [0.3, 0.4) is 0 Å². The standard InChI is InChI=1S/C15H24N2O3S/c1-12-8-6-9-14(13(12)2)17(21(5,19)20)11-7-10-15(18)16(3)4/h6,8-9H,7,10-11H2,1-5H3. The minimum Gasteiger partial charge on any atom is -0.349 e. The Kier molecular flexibility index (Phi) is 5.78. The van der Waals surface area contributed by atoms with E-state index in [1.54, 1.807) is 20.2 Å². The molecule has 5 nitrogen and oxygen atoms in total. The second kappa shape index (κ2) is 6.93. The lowest BCUT2D eigenvalue weighted by Crippen LogP contribution is -2.32. The highest BCUT2D eigenvalue weighted by molar-refractivity contribution is 7.92. The first-order valence-corrected chi connectivity index (χ1v) is 8.73. The highest BCUT2D eigenvalue weighted by Crippen LogP contribution is 2.25. The molecule has 0 atom stereocenters. The van der Waals surface area contributed by atoms with E-state index < -0.39 is 10.0 Å². The minimum absolute atomic E-state index is 0.00409. The maximum absolute atomic E-state index is 12.0. The zero-order valence-corrected chi connectivity index (χ0v) is 14.2. The van der Waals surface area contributed by atoms with E-state index in [0.717, 1.165) is 11.1 Å². The molecule has 0 heterocycles. The van der Waals surface area contributed by atoms with Gasteiger partial charge in [0.25, 0.3) is 0 Å². The lowest BCUT2D eigenvalue weighted by Gasteiger charge is -2.25. The molecule has 1 aromatic rings. The molecule has 0 saturated heterocycles. The summed E-state index contributed by atoms with van der Waals surface area (Å²) < 4.78 is 25.5. The van der Waals surface area contributed by atoms with E-state index in [9.17, 15) is 13.2 Å². The lowest BCUT2D eigenvalue weighted by molar-refractivity contribution is -0.128. The third-order valence-electron chi connectivity index (χ3n) is 3.50. The molecular formula is C15H24N2O3S. The van der Waals surface area contributed by atoms with Crippen LogP contribution in [0, 0.1) is 13.8 Å². The van der Waals surface area contributed by atoms with Gasteiger partial charge in [-0.25, -0.2) is 8.42 Å². The van der Waals surface area contributed by atoms with Crippen molar-refractivity contribution in [3.05, 3.63) is 29.3 Å². The zero-order valence-electron chi connectivity index (χ0n) is 13.4.